The molecule has 2 amide bonds. The Balaban J connectivity index is 1.46. The monoisotopic (exact) mass is 552 g/mol. The molecule has 1 unspecified atom stereocenters. The summed E-state index contributed by atoms with van der Waals surface area (Å²) < 4.78 is 32.6. The minimum atomic E-state index is -0.854. The fourth-order valence-corrected chi connectivity index (χ4v) is 4.69. The van der Waals surface area contributed by atoms with Gasteiger partial charge in [0.25, 0.3) is 0 Å². The van der Waals surface area contributed by atoms with Gasteiger partial charge in [0.05, 0.1) is 19.2 Å². The normalized spacial score (nSPS) is 14.4. The van der Waals surface area contributed by atoms with Crippen molar-refractivity contribution in [3.8, 4) is 23.0 Å². The lowest BCUT2D eigenvalue weighted by Gasteiger charge is -2.23. The van der Waals surface area contributed by atoms with Crippen molar-refractivity contribution in [1.29, 1.82) is 0 Å². The summed E-state index contributed by atoms with van der Waals surface area (Å²) in [5.41, 5.74) is 0.757. The van der Waals surface area contributed by atoms with Gasteiger partial charge in [0, 0.05) is 35.4 Å². The number of benzene rings is 2. The number of amides is 2. The molecule has 1 fully saturated rings. The van der Waals surface area contributed by atoms with E-state index in [1.54, 1.807) is 31.5 Å². The first-order valence-electron chi connectivity index (χ1n) is 13.8. The maximum atomic E-state index is 15.0. The van der Waals surface area contributed by atoms with Gasteiger partial charge in [-0.1, -0.05) is 20.3 Å². The van der Waals surface area contributed by atoms with E-state index >= 15 is 0 Å². The number of hydrogen-bond donors (Lipinski definition) is 3. The molecule has 2 aromatic carbocycles. The quantitative estimate of drug-likeness (QED) is 0.281. The summed E-state index contributed by atoms with van der Waals surface area (Å²) in [5.74, 6) is -0.378. The highest BCUT2D eigenvalue weighted by atomic mass is 19.1. The van der Waals surface area contributed by atoms with Crippen molar-refractivity contribution >= 4 is 28.4 Å². The Morgan fingerprint density at radius 2 is 1.85 bits per heavy atom. The molecule has 10 heteroatoms. The zero-order valence-corrected chi connectivity index (χ0v) is 23.2. The molecular weight excluding hydrogens is 515 g/mol. The third-order valence-corrected chi connectivity index (χ3v) is 7.00. The maximum absolute atomic E-state index is 15.0. The second-order valence-electron chi connectivity index (χ2n) is 9.90. The molecule has 1 saturated heterocycles. The number of carbonyl (C=O) groups excluding carboxylic acids is 2. The number of piperidine rings is 1. The van der Waals surface area contributed by atoms with Gasteiger partial charge < -0.3 is 30.2 Å². The molecule has 0 radical (unpaired) electrons. The predicted octanol–water partition coefficient (Wildman–Crippen LogP) is 5.19. The van der Waals surface area contributed by atoms with Crippen LogP contribution in [-0.2, 0) is 9.59 Å². The predicted molar refractivity (Wildman–Crippen MR) is 152 cm³/mol. The van der Waals surface area contributed by atoms with E-state index in [2.05, 4.69) is 20.9 Å². The average molecular weight is 553 g/mol. The fourth-order valence-electron chi connectivity index (χ4n) is 4.69. The Bertz CT molecular complexity index is 1330. The Hall–Kier alpha value is -3.92. The molecule has 2 heterocycles. The molecule has 1 atom stereocenters. The van der Waals surface area contributed by atoms with Crippen LogP contribution in [0.1, 0.15) is 46.0 Å². The minimum absolute atomic E-state index is 0.0471. The first-order chi connectivity index (χ1) is 19.4. The fraction of sp³-hybridized carbons (Fsp3) is 0.433. The molecular formula is C30H37FN4O5. The molecule has 3 N–H and O–H groups in total. The topological polar surface area (TPSA) is 111 Å². The van der Waals surface area contributed by atoms with Gasteiger partial charge in [-0.2, -0.15) is 0 Å². The standard InChI is InChI=1S/C30H37FN4O5/c1-4-6-20(5-2)34-29(36)30(37)35-21-7-8-26(23(31)15-21)40-25-11-14-33-24-17-28(27(38-3)16-22(24)25)39-18-19-9-12-32-13-10-19/h7-8,11,14-17,19-20,32H,4-6,9-10,12-13,18H2,1-3H3,(H,34,36)(H,35,37). The summed E-state index contributed by atoms with van der Waals surface area (Å²) in [4.78, 5) is 29.0. The summed E-state index contributed by atoms with van der Waals surface area (Å²) >= 11 is 0. The lowest BCUT2D eigenvalue weighted by atomic mass is 9.99. The molecule has 0 spiro atoms. The van der Waals surface area contributed by atoms with Crippen LogP contribution in [0.5, 0.6) is 23.0 Å². The zero-order valence-electron chi connectivity index (χ0n) is 23.2. The van der Waals surface area contributed by atoms with Gasteiger partial charge in [-0.15, -0.1) is 0 Å². The molecule has 0 aliphatic carbocycles. The molecule has 214 valence electrons. The van der Waals surface area contributed by atoms with E-state index in [4.69, 9.17) is 14.2 Å². The Morgan fingerprint density at radius 3 is 2.55 bits per heavy atom. The molecule has 9 nitrogen and oxygen atoms in total. The van der Waals surface area contributed by atoms with Crippen LogP contribution in [0.3, 0.4) is 0 Å². The Morgan fingerprint density at radius 1 is 1.05 bits per heavy atom. The number of hydrogen-bond acceptors (Lipinski definition) is 7. The highest BCUT2D eigenvalue weighted by Gasteiger charge is 2.19. The number of fused-ring (bicyclic) bond motifs is 1. The molecule has 0 saturated carbocycles. The van der Waals surface area contributed by atoms with E-state index in [-0.39, 0.29) is 17.5 Å². The number of carbonyl (C=O) groups is 2. The summed E-state index contributed by atoms with van der Waals surface area (Å²) in [5, 5.41) is 9.12. The number of nitrogens with one attached hydrogen (secondary N) is 3. The van der Waals surface area contributed by atoms with E-state index in [1.165, 1.54) is 12.1 Å². The van der Waals surface area contributed by atoms with Crippen LogP contribution in [0, 0.1) is 11.7 Å². The van der Waals surface area contributed by atoms with Gasteiger partial charge in [0.2, 0.25) is 0 Å². The van der Waals surface area contributed by atoms with E-state index < -0.39 is 17.6 Å². The van der Waals surface area contributed by atoms with Crippen molar-refractivity contribution in [1.82, 2.24) is 15.6 Å². The summed E-state index contributed by atoms with van der Waals surface area (Å²) in [6, 6.07) is 9.10. The van der Waals surface area contributed by atoms with Crippen LogP contribution in [-0.4, -0.2) is 49.6 Å². The third-order valence-electron chi connectivity index (χ3n) is 7.00. The highest BCUT2D eigenvalue weighted by molar-refractivity contribution is 6.39. The van der Waals surface area contributed by atoms with Crippen LogP contribution in [0.2, 0.25) is 0 Å². The SMILES string of the molecule is CCCC(CC)NC(=O)C(=O)Nc1ccc(Oc2ccnc3cc(OCC4CCNCC4)c(OC)cc23)c(F)c1. The van der Waals surface area contributed by atoms with Gasteiger partial charge >= 0.3 is 11.8 Å². The van der Waals surface area contributed by atoms with Crippen molar-refractivity contribution in [2.24, 2.45) is 5.92 Å². The minimum Gasteiger partial charge on any atom is -0.493 e. The lowest BCUT2D eigenvalue weighted by Crippen LogP contribution is -2.41. The molecule has 4 rings (SSSR count). The summed E-state index contributed by atoms with van der Waals surface area (Å²) in [6.45, 7) is 6.52. The van der Waals surface area contributed by atoms with Crippen molar-refractivity contribution in [3.05, 3.63) is 48.4 Å². The molecule has 1 aliphatic rings. The lowest BCUT2D eigenvalue weighted by molar-refractivity contribution is -0.136. The van der Waals surface area contributed by atoms with Gasteiger partial charge in [-0.25, -0.2) is 4.39 Å². The second-order valence-corrected chi connectivity index (χ2v) is 9.90. The van der Waals surface area contributed by atoms with Crippen molar-refractivity contribution in [2.75, 3.05) is 32.1 Å². The molecule has 1 aromatic heterocycles. The number of ether oxygens (including phenoxy) is 3. The molecule has 1 aliphatic heterocycles. The largest absolute Gasteiger partial charge is 0.493 e. The molecule has 3 aromatic rings. The van der Waals surface area contributed by atoms with Gasteiger partial charge in [-0.3, -0.25) is 14.6 Å². The summed E-state index contributed by atoms with van der Waals surface area (Å²) in [7, 11) is 1.56. The second kappa shape index (κ2) is 13.9. The number of pyridine rings is 1. The van der Waals surface area contributed by atoms with Crippen LogP contribution in [0.25, 0.3) is 10.9 Å². The first kappa shape index (κ1) is 29.1. The van der Waals surface area contributed by atoms with Crippen molar-refractivity contribution < 1.29 is 28.2 Å². The average Bonchev–Trinajstić information content (AvgIpc) is 2.97. The summed E-state index contributed by atoms with van der Waals surface area (Å²) in [6.07, 6.45) is 6.08. The first-order valence-corrected chi connectivity index (χ1v) is 13.8. The van der Waals surface area contributed by atoms with Crippen LogP contribution < -0.4 is 30.2 Å². The van der Waals surface area contributed by atoms with Crippen molar-refractivity contribution in [2.45, 2.75) is 52.0 Å². The number of halogens is 1. The number of aromatic nitrogens is 1. The van der Waals surface area contributed by atoms with Gasteiger partial charge in [0.15, 0.2) is 23.1 Å². The van der Waals surface area contributed by atoms with E-state index in [0.717, 1.165) is 51.3 Å². The number of methoxy groups -OCH3 is 1. The van der Waals surface area contributed by atoms with E-state index in [0.29, 0.717) is 40.7 Å². The third kappa shape index (κ3) is 7.38. The van der Waals surface area contributed by atoms with Crippen LogP contribution in [0.4, 0.5) is 10.1 Å². The molecule has 40 heavy (non-hydrogen) atoms. The number of nitrogens with zero attached hydrogens (tertiary/aromatic N) is 1. The van der Waals surface area contributed by atoms with Crippen LogP contribution in [0.15, 0.2) is 42.6 Å². The van der Waals surface area contributed by atoms with E-state index in [9.17, 15) is 14.0 Å². The highest BCUT2D eigenvalue weighted by Crippen LogP contribution is 2.38. The van der Waals surface area contributed by atoms with Crippen LogP contribution >= 0.6 is 0 Å². The smallest absolute Gasteiger partial charge is 0.313 e. The van der Waals surface area contributed by atoms with E-state index in [1.807, 2.05) is 13.8 Å². The molecule has 0 bridgehead atoms. The maximum Gasteiger partial charge on any atom is 0.313 e. The van der Waals surface area contributed by atoms with Gasteiger partial charge in [0.1, 0.15) is 5.75 Å². The number of rotatable bonds is 11. The Kier molecular flexibility index (Phi) is 10.1. The number of anilines is 1. The van der Waals surface area contributed by atoms with Gasteiger partial charge in [-0.05, 0) is 69.0 Å². The zero-order chi connectivity index (χ0) is 28.5. The van der Waals surface area contributed by atoms with Crippen molar-refractivity contribution in [3.63, 3.8) is 0 Å². The Labute approximate surface area is 233 Å².